The maximum absolute atomic E-state index is 12.2. The highest BCUT2D eigenvalue weighted by Crippen LogP contribution is 2.25. The molecule has 0 spiro atoms. The lowest BCUT2D eigenvalue weighted by Gasteiger charge is -2.29. The van der Waals surface area contributed by atoms with Gasteiger partial charge in [0.2, 0.25) is 0 Å². The summed E-state index contributed by atoms with van der Waals surface area (Å²) < 4.78 is 0. The number of urea groups is 1. The Morgan fingerprint density at radius 3 is 2.67 bits per heavy atom. The molecule has 0 unspecified atom stereocenters. The molecule has 3 nitrogen and oxygen atoms in total. The van der Waals surface area contributed by atoms with Gasteiger partial charge in [0, 0.05) is 11.4 Å². The number of amides is 2. The Morgan fingerprint density at radius 2 is 1.81 bits per heavy atom. The minimum atomic E-state index is -0.0925. The van der Waals surface area contributed by atoms with Gasteiger partial charge in [0.15, 0.2) is 0 Å². The summed E-state index contributed by atoms with van der Waals surface area (Å²) in [7, 11) is 0. The summed E-state index contributed by atoms with van der Waals surface area (Å²) in [5.74, 6) is 0.567. The van der Waals surface area contributed by atoms with Crippen molar-refractivity contribution >= 4 is 22.5 Å². The predicted molar refractivity (Wildman–Crippen MR) is 87.5 cm³/mol. The van der Waals surface area contributed by atoms with Gasteiger partial charge in [0.25, 0.3) is 0 Å². The number of carbonyl (C=O) groups excluding carboxylic acids is 1. The van der Waals surface area contributed by atoms with Gasteiger partial charge < -0.3 is 10.6 Å². The zero-order chi connectivity index (χ0) is 14.7. The smallest absolute Gasteiger partial charge is 0.319 e. The summed E-state index contributed by atoms with van der Waals surface area (Å²) in [5.41, 5.74) is 0.870. The summed E-state index contributed by atoms with van der Waals surface area (Å²) in [6.07, 6.45) is 4.79. The quantitative estimate of drug-likeness (QED) is 0.834. The first kappa shape index (κ1) is 13.9. The van der Waals surface area contributed by atoms with E-state index in [1.54, 1.807) is 0 Å². The van der Waals surface area contributed by atoms with Gasteiger partial charge in [-0.05, 0) is 30.2 Å². The number of benzene rings is 2. The molecule has 2 N–H and O–H groups in total. The normalized spacial score (nSPS) is 22.0. The molecule has 0 bridgehead atoms. The number of hydrogen-bond donors (Lipinski definition) is 2. The monoisotopic (exact) mass is 282 g/mol. The van der Waals surface area contributed by atoms with E-state index in [1.807, 2.05) is 30.3 Å². The van der Waals surface area contributed by atoms with Crippen molar-refractivity contribution in [3.8, 4) is 0 Å². The first-order valence-corrected chi connectivity index (χ1v) is 7.79. The predicted octanol–water partition coefficient (Wildman–Crippen LogP) is 4.54. The molecule has 1 saturated carbocycles. The second-order valence-corrected chi connectivity index (χ2v) is 5.99. The molecule has 0 aliphatic heterocycles. The van der Waals surface area contributed by atoms with Crippen LogP contribution in [0.3, 0.4) is 0 Å². The minimum Gasteiger partial charge on any atom is -0.335 e. The van der Waals surface area contributed by atoms with E-state index in [0.29, 0.717) is 12.0 Å². The third-order valence-electron chi connectivity index (χ3n) is 4.47. The molecule has 0 heterocycles. The zero-order valence-corrected chi connectivity index (χ0v) is 12.4. The Hall–Kier alpha value is -2.03. The fraction of sp³-hybridized carbons (Fsp3) is 0.389. The third-order valence-corrected chi connectivity index (χ3v) is 4.47. The van der Waals surface area contributed by atoms with Crippen molar-refractivity contribution in [2.24, 2.45) is 5.92 Å². The molecule has 21 heavy (non-hydrogen) atoms. The fourth-order valence-electron chi connectivity index (χ4n) is 3.19. The molecule has 0 aromatic heterocycles. The van der Waals surface area contributed by atoms with Crippen LogP contribution in [0, 0.1) is 5.92 Å². The van der Waals surface area contributed by atoms with Crippen molar-refractivity contribution in [2.45, 2.75) is 38.6 Å². The minimum absolute atomic E-state index is 0.0925. The Kier molecular flexibility index (Phi) is 4.09. The van der Waals surface area contributed by atoms with E-state index in [4.69, 9.17) is 0 Å². The molecule has 3 rings (SSSR count). The van der Waals surface area contributed by atoms with E-state index < -0.39 is 0 Å². The fourth-order valence-corrected chi connectivity index (χ4v) is 3.19. The molecule has 1 fully saturated rings. The SMILES string of the molecule is C[C@H]1CCCC[C@H]1NC(=O)Nc1cccc2ccccc12. The van der Waals surface area contributed by atoms with Crippen molar-refractivity contribution in [2.75, 3.05) is 5.32 Å². The molecular formula is C18H22N2O. The highest BCUT2D eigenvalue weighted by molar-refractivity contribution is 6.01. The number of rotatable bonds is 2. The lowest BCUT2D eigenvalue weighted by atomic mass is 9.86. The van der Waals surface area contributed by atoms with Crippen LogP contribution in [-0.4, -0.2) is 12.1 Å². The Balaban J connectivity index is 1.71. The summed E-state index contributed by atoms with van der Waals surface area (Å²) in [6.45, 7) is 2.22. The average Bonchev–Trinajstić information content (AvgIpc) is 2.50. The zero-order valence-electron chi connectivity index (χ0n) is 12.4. The van der Waals surface area contributed by atoms with Gasteiger partial charge in [-0.15, -0.1) is 0 Å². The van der Waals surface area contributed by atoms with Crippen LogP contribution >= 0.6 is 0 Å². The number of anilines is 1. The summed E-state index contributed by atoms with van der Waals surface area (Å²) >= 11 is 0. The van der Waals surface area contributed by atoms with Crippen LogP contribution in [0.15, 0.2) is 42.5 Å². The van der Waals surface area contributed by atoms with Crippen LogP contribution in [0.2, 0.25) is 0 Å². The van der Waals surface area contributed by atoms with Crippen LogP contribution in [0.5, 0.6) is 0 Å². The van der Waals surface area contributed by atoms with Gasteiger partial charge >= 0.3 is 6.03 Å². The number of hydrogen-bond acceptors (Lipinski definition) is 1. The van der Waals surface area contributed by atoms with E-state index in [9.17, 15) is 4.79 Å². The van der Waals surface area contributed by atoms with E-state index in [-0.39, 0.29) is 6.03 Å². The van der Waals surface area contributed by atoms with Crippen molar-refractivity contribution in [3.63, 3.8) is 0 Å². The lowest BCUT2D eigenvalue weighted by molar-refractivity contribution is 0.232. The van der Waals surface area contributed by atoms with Crippen molar-refractivity contribution in [1.29, 1.82) is 0 Å². The Morgan fingerprint density at radius 1 is 1.05 bits per heavy atom. The van der Waals surface area contributed by atoms with Crippen LogP contribution in [0.4, 0.5) is 10.5 Å². The molecule has 1 aliphatic carbocycles. The summed E-state index contributed by atoms with van der Waals surface area (Å²) in [6, 6.07) is 14.3. The van der Waals surface area contributed by atoms with Gasteiger partial charge in [-0.3, -0.25) is 0 Å². The van der Waals surface area contributed by atoms with Crippen molar-refractivity contribution in [3.05, 3.63) is 42.5 Å². The second-order valence-electron chi connectivity index (χ2n) is 5.99. The van der Waals surface area contributed by atoms with Crippen LogP contribution in [-0.2, 0) is 0 Å². The first-order valence-electron chi connectivity index (χ1n) is 7.79. The van der Waals surface area contributed by atoms with E-state index in [0.717, 1.165) is 22.9 Å². The summed E-state index contributed by atoms with van der Waals surface area (Å²) in [5, 5.41) is 8.35. The maximum Gasteiger partial charge on any atom is 0.319 e. The highest BCUT2D eigenvalue weighted by atomic mass is 16.2. The average molecular weight is 282 g/mol. The van der Waals surface area contributed by atoms with Gasteiger partial charge in [0.05, 0.1) is 5.69 Å². The Labute approximate surface area is 125 Å². The maximum atomic E-state index is 12.2. The third kappa shape index (κ3) is 3.18. The molecular weight excluding hydrogens is 260 g/mol. The molecule has 110 valence electrons. The molecule has 2 amide bonds. The van der Waals surface area contributed by atoms with Gasteiger partial charge in [-0.25, -0.2) is 4.79 Å². The molecule has 3 heteroatoms. The molecule has 0 radical (unpaired) electrons. The van der Waals surface area contributed by atoms with Gasteiger partial charge in [-0.2, -0.15) is 0 Å². The van der Waals surface area contributed by atoms with Gasteiger partial charge in [-0.1, -0.05) is 56.2 Å². The van der Waals surface area contributed by atoms with Crippen molar-refractivity contribution in [1.82, 2.24) is 5.32 Å². The topological polar surface area (TPSA) is 41.1 Å². The van der Waals surface area contributed by atoms with E-state index >= 15 is 0 Å². The highest BCUT2D eigenvalue weighted by Gasteiger charge is 2.22. The van der Waals surface area contributed by atoms with E-state index in [1.165, 1.54) is 19.3 Å². The van der Waals surface area contributed by atoms with Crippen molar-refractivity contribution < 1.29 is 4.79 Å². The molecule has 2 aromatic carbocycles. The number of carbonyl (C=O) groups is 1. The Bertz CT molecular complexity index is 633. The largest absolute Gasteiger partial charge is 0.335 e. The lowest BCUT2D eigenvalue weighted by Crippen LogP contribution is -2.43. The molecule has 0 saturated heterocycles. The van der Waals surface area contributed by atoms with E-state index in [2.05, 4.69) is 29.7 Å². The number of fused-ring (bicyclic) bond motifs is 1. The first-order chi connectivity index (χ1) is 10.2. The standard InChI is InChI=1S/C18H22N2O/c1-13-7-2-5-11-16(13)19-18(21)20-17-12-6-9-14-8-3-4-10-15(14)17/h3-4,6,8-10,12-13,16H,2,5,7,11H2,1H3,(H2,19,20,21)/t13-,16+/m0/s1. The van der Waals surface area contributed by atoms with Crippen LogP contribution in [0.1, 0.15) is 32.6 Å². The van der Waals surface area contributed by atoms with Gasteiger partial charge in [0.1, 0.15) is 0 Å². The number of nitrogens with one attached hydrogen (secondary N) is 2. The molecule has 2 atom stereocenters. The van der Waals surface area contributed by atoms with Crippen LogP contribution < -0.4 is 10.6 Å². The molecule has 1 aliphatic rings. The summed E-state index contributed by atoms with van der Waals surface area (Å²) in [4.78, 5) is 12.2. The second kappa shape index (κ2) is 6.17. The van der Waals surface area contributed by atoms with Crippen LogP contribution in [0.25, 0.3) is 10.8 Å². The molecule has 2 aromatic rings.